The first-order valence-electron chi connectivity index (χ1n) is 33.8. The van der Waals surface area contributed by atoms with E-state index < -0.39 is 71.0 Å². The molecule has 0 saturated carbocycles. The van der Waals surface area contributed by atoms with E-state index in [0.717, 1.165) is 70.6 Å². The van der Waals surface area contributed by atoms with Gasteiger partial charge in [0.1, 0.15) is 13.2 Å². The van der Waals surface area contributed by atoms with Crippen LogP contribution in [0.1, 0.15) is 326 Å². The molecule has 104 heavy (non-hydrogen) atoms. The van der Waals surface area contributed by atoms with Crippen LogP contribution < -0.4 is 134 Å². The third-order valence-electron chi connectivity index (χ3n) is 18.7. The molecule has 0 bridgehead atoms. The standard InChI is InChI=1S/C30H46O11.C23H46O3.C15H26O6.11CH4.4Na.H2O/c1-4-7-8-9-20-25(39-20)14-30(33)36-17(15-34-28(31)12-26-23(40-26)10-21-18(5-2)37-21)16-35-29(32)13-27-24(41-27)11-22-19(6-3)38-22;1-6-8-13-17-22(25-5)21(4)16-14-11-9-10-12-15-18-23(24)26-19-20(3)7-2;1-7(2)10(13(18)19)8(3)11(14(20)21)15(5,6)9(4)12(16)17;;;;;;;;;;;;;;;;/h17-27H,4-16H2,1-3H3;20-22H,6-19H2,1-5H3;7-11H,1-6H3,(H,16,17)(H,18,19)(H,20,21);11*1H4;;;;;1H2/q;;;;;;;;;;;;;;4*+1;/p-4. The molecule has 25 heteroatoms. The topological polar surface area (TPSA) is 327 Å². The summed E-state index contributed by atoms with van der Waals surface area (Å²) in [7, 11) is 1.86. The van der Waals surface area contributed by atoms with E-state index in [4.69, 9.17) is 47.4 Å². The predicted molar refractivity (Wildman–Crippen MR) is 399 cm³/mol. The van der Waals surface area contributed by atoms with Crippen molar-refractivity contribution in [2.24, 2.45) is 46.8 Å². The van der Waals surface area contributed by atoms with Gasteiger partial charge in [0.05, 0.1) is 93.0 Å². The summed E-state index contributed by atoms with van der Waals surface area (Å²) in [5, 5.41) is 33.9. The number of carbonyl (C=O) groups is 7. The Bertz CT molecular complexity index is 2040. The van der Waals surface area contributed by atoms with Crippen molar-refractivity contribution in [3.8, 4) is 0 Å². The minimum absolute atomic E-state index is 0. The molecule has 17 atom stereocenters. The number of aliphatic carboxylic acids is 3. The third-order valence-corrected chi connectivity index (χ3v) is 18.7. The first kappa shape index (κ1) is 136. The van der Waals surface area contributed by atoms with E-state index in [9.17, 15) is 48.9 Å². The maximum absolute atomic E-state index is 12.6. The van der Waals surface area contributed by atoms with Crippen molar-refractivity contribution in [3.63, 3.8) is 0 Å². The van der Waals surface area contributed by atoms with Crippen molar-refractivity contribution in [2.45, 2.75) is 399 Å². The number of esters is 4. The second-order valence-electron chi connectivity index (χ2n) is 26.6. The Labute approximate surface area is 727 Å². The number of carboxylic acid groups (broad SMARTS) is 3. The van der Waals surface area contributed by atoms with Crippen LogP contribution in [0.15, 0.2) is 0 Å². The van der Waals surface area contributed by atoms with E-state index in [1.54, 1.807) is 13.8 Å². The van der Waals surface area contributed by atoms with Crippen LogP contribution >= 0.6 is 0 Å². The summed E-state index contributed by atoms with van der Waals surface area (Å²) in [6.45, 7) is 24.4. The van der Waals surface area contributed by atoms with Crippen molar-refractivity contribution in [3.05, 3.63) is 0 Å². The Morgan fingerprint density at radius 3 is 1.22 bits per heavy atom. The molecule has 5 aliphatic rings. The Morgan fingerprint density at radius 1 is 0.442 bits per heavy atom. The average molecular weight is 1540 g/mol. The molecule has 0 aromatic carbocycles. The molecule has 606 valence electrons. The molecule has 0 aromatic heterocycles. The van der Waals surface area contributed by atoms with E-state index in [1.165, 1.54) is 85.5 Å². The first-order chi connectivity index (χ1) is 41.8. The average Bonchev–Trinajstić information content (AvgIpc) is 1.34. The second-order valence-corrected chi connectivity index (χ2v) is 26.6. The van der Waals surface area contributed by atoms with Gasteiger partial charge in [0.15, 0.2) is 6.10 Å². The summed E-state index contributed by atoms with van der Waals surface area (Å²) < 4.78 is 55.2. The van der Waals surface area contributed by atoms with Gasteiger partial charge in [-0.3, -0.25) is 19.2 Å². The maximum atomic E-state index is 12.6. The largest absolute Gasteiger partial charge is 1.00 e. The van der Waals surface area contributed by atoms with Crippen LogP contribution in [0.3, 0.4) is 0 Å². The van der Waals surface area contributed by atoms with Crippen molar-refractivity contribution >= 4 is 41.8 Å². The Hall–Kier alpha value is 0.01000. The fourth-order valence-corrected chi connectivity index (χ4v) is 12.0. The molecule has 0 aliphatic carbocycles. The molecule has 5 aliphatic heterocycles. The molecule has 21 nitrogen and oxygen atoms in total. The Morgan fingerprint density at radius 2 is 0.827 bits per heavy atom. The van der Waals surface area contributed by atoms with Crippen LogP contribution in [-0.4, -0.2) is 147 Å². The molecular formula is C79H160Na4O21. The van der Waals surface area contributed by atoms with E-state index in [0.29, 0.717) is 43.2 Å². The number of ether oxygens (including phenoxy) is 10. The summed E-state index contributed by atoms with van der Waals surface area (Å²) in [6, 6.07) is 0. The van der Waals surface area contributed by atoms with Crippen molar-refractivity contribution in [1.29, 1.82) is 0 Å². The zero-order valence-electron chi connectivity index (χ0n) is 60.7. The van der Waals surface area contributed by atoms with Gasteiger partial charge in [0.2, 0.25) is 0 Å². The SMILES string of the molecule is C.C.C.C.C.C.C.C.C.C.C.CC(C)C(C(=O)[O-])C(C)C(C(=O)[O-])C(C)(C)C(C)C(=O)[O-].CCCCCC(OC)C(C)CCCCCCCCC(=O)OCC(C)CC.CCCCCC1OC1CC(=O)OC(COC(=O)CC1OC1CC1OC1CC)COC(=O)CC1OC1CC1OC1CC.[Na+].[Na+].[Na+].[Na+].[OH-]. The zero-order valence-corrected chi connectivity index (χ0v) is 68.7. The maximum Gasteiger partial charge on any atom is 1.00 e. The molecule has 5 heterocycles. The van der Waals surface area contributed by atoms with Crippen LogP contribution in [0, 0.1) is 46.8 Å². The monoisotopic (exact) mass is 1540 g/mol. The fourth-order valence-electron chi connectivity index (χ4n) is 12.0. The number of carbonyl (C=O) groups excluding carboxylic acids is 7. The molecule has 5 saturated heterocycles. The first-order valence-corrected chi connectivity index (χ1v) is 33.8. The van der Waals surface area contributed by atoms with Crippen molar-refractivity contribution < 1.29 is 220 Å². The van der Waals surface area contributed by atoms with Crippen LogP contribution in [0.5, 0.6) is 0 Å². The Kier molecular flexibility index (Phi) is 95.9. The Balaban J connectivity index is -0.0000000957. The summed E-state index contributed by atoms with van der Waals surface area (Å²) in [5.74, 6) is -8.95. The normalized spacial score (nSPS) is 21.8. The van der Waals surface area contributed by atoms with Crippen molar-refractivity contribution in [2.75, 3.05) is 26.9 Å². The van der Waals surface area contributed by atoms with Crippen molar-refractivity contribution in [1.82, 2.24) is 0 Å². The predicted octanol–water partition coefficient (Wildman–Crippen LogP) is 3.36. The van der Waals surface area contributed by atoms with Gasteiger partial charge >= 0.3 is 142 Å². The molecule has 0 amide bonds. The second kappa shape index (κ2) is 73.2. The minimum atomic E-state index is -1.47. The molecular weight excluding hydrogens is 1380 g/mol. The van der Waals surface area contributed by atoms with E-state index in [-0.39, 0.29) is 299 Å². The minimum Gasteiger partial charge on any atom is -0.870 e. The number of methoxy groups -OCH3 is 1. The molecule has 1 N–H and O–H groups in total. The molecule has 17 unspecified atom stereocenters. The van der Waals surface area contributed by atoms with Crippen LogP contribution in [-0.2, 0) is 80.9 Å². The number of hydrogen-bond acceptors (Lipinski definition) is 21. The molecule has 5 fully saturated rings. The van der Waals surface area contributed by atoms with Gasteiger partial charge in [-0.05, 0) is 67.6 Å². The third kappa shape index (κ3) is 54.6. The van der Waals surface area contributed by atoms with Gasteiger partial charge < -0.3 is 82.5 Å². The number of hydrogen-bond donors (Lipinski definition) is 0. The number of unbranched alkanes of at least 4 members (excludes halogenated alkanes) is 9. The molecule has 0 aromatic rings. The zero-order chi connectivity index (χ0) is 65.7. The van der Waals surface area contributed by atoms with Crippen LogP contribution in [0.25, 0.3) is 0 Å². The fraction of sp³-hybridized carbons (Fsp3) is 0.911. The summed E-state index contributed by atoms with van der Waals surface area (Å²) in [6.07, 6.45) is 23.5. The summed E-state index contributed by atoms with van der Waals surface area (Å²) in [4.78, 5) is 83.0. The van der Waals surface area contributed by atoms with Gasteiger partial charge in [-0.25, -0.2) is 0 Å². The van der Waals surface area contributed by atoms with E-state index in [2.05, 4.69) is 48.5 Å². The van der Waals surface area contributed by atoms with Gasteiger partial charge in [-0.2, -0.15) is 0 Å². The number of rotatable bonds is 47. The van der Waals surface area contributed by atoms with Gasteiger partial charge in [0, 0.05) is 62.0 Å². The molecule has 5 rings (SSSR count). The quantitative estimate of drug-likeness (QED) is 0.0277. The van der Waals surface area contributed by atoms with Gasteiger partial charge in [-0.1, -0.05) is 249 Å². The summed E-state index contributed by atoms with van der Waals surface area (Å²) in [5.41, 5.74) is -1.22. The number of epoxide rings is 5. The number of carboxylic acids is 3. The smallest absolute Gasteiger partial charge is 0.870 e. The molecule has 0 spiro atoms. The van der Waals surface area contributed by atoms with Crippen LogP contribution in [0.4, 0.5) is 0 Å². The summed E-state index contributed by atoms with van der Waals surface area (Å²) >= 11 is 0. The molecule has 0 radical (unpaired) electrons. The van der Waals surface area contributed by atoms with Crippen LogP contribution in [0.2, 0.25) is 0 Å². The van der Waals surface area contributed by atoms with E-state index >= 15 is 0 Å². The van der Waals surface area contributed by atoms with Gasteiger partial charge in [0.25, 0.3) is 0 Å². The van der Waals surface area contributed by atoms with E-state index in [1.807, 2.05) is 7.11 Å². The van der Waals surface area contributed by atoms with Gasteiger partial charge in [-0.15, -0.1) is 0 Å².